The zero-order valence-electron chi connectivity index (χ0n) is 12.1. The summed E-state index contributed by atoms with van der Waals surface area (Å²) in [6.45, 7) is 5.32. The van der Waals surface area contributed by atoms with E-state index in [-0.39, 0.29) is 11.8 Å². The van der Waals surface area contributed by atoms with Gasteiger partial charge in [-0.3, -0.25) is 4.90 Å². The Morgan fingerprint density at radius 3 is 2.40 bits per heavy atom. The number of hydrogen-bond acceptors (Lipinski definition) is 3. The molecule has 1 saturated heterocycles. The first-order chi connectivity index (χ1) is 9.47. The van der Waals surface area contributed by atoms with E-state index in [1.54, 1.807) is 12.1 Å². The number of para-hydroxylation sites is 1. The molecule has 0 radical (unpaired) electrons. The Balaban J connectivity index is 2.17. The number of piperazine rings is 1. The molecule has 0 saturated carbocycles. The second kappa shape index (κ2) is 6.50. The molecule has 5 heteroatoms. The van der Waals surface area contributed by atoms with Crippen LogP contribution in [0.4, 0.5) is 8.78 Å². The van der Waals surface area contributed by atoms with E-state index in [2.05, 4.69) is 28.8 Å². The molecular weight excluding hydrogens is 262 g/mol. The standard InChI is InChI=1S/C15H22F2N2O/c1-10-8-19(9-11(2)18-10)12(3)13-6-4-5-7-14(13)20-15(16)17/h4-7,10-12,15,18H,8-9H2,1-3H3. The second-order valence-corrected chi connectivity index (χ2v) is 5.51. The van der Waals surface area contributed by atoms with Crippen LogP contribution >= 0.6 is 0 Å². The number of nitrogens with zero attached hydrogens (tertiary/aromatic N) is 1. The van der Waals surface area contributed by atoms with Crippen LogP contribution in [-0.2, 0) is 0 Å². The van der Waals surface area contributed by atoms with Crippen LogP contribution in [-0.4, -0.2) is 36.7 Å². The third kappa shape index (κ3) is 3.67. The monoisotopic (exact) mass is 284 g/mol. The first-order valence-electron chi connectivity index (χ1n) is 7.01. The van der Waals surface area contributed by atoms with Gasteiger partial charge < -0.3 is 10.1 Å². The Kier molecular flexibility index (Phi) is 4.94. The summed E-state index contributed by atoms with van der Waals surface area (Å²) in [5.41, 5.74) is 0.814. The van der Waals surface area contributed by atoms with Crippen LogP contribution in [0.15, 0.2) is 24.3 Å². The molecule has 0 aliphatic carbocycles. The average Bonchev–Trinajstić information content (AvgIpc) is 2.36. The molecule has 0 aromatic heterocycles. The fourth-order valence-electron chi connectivity index (χ4n) is 2.91. The molecule has 1 aliphatic heterocycles. The highest BCUT2D eigenvalue weighted by molar-refractivity contribution is 5.35. The fourth-order valence-corrected chi connectivity index (χ4v) is 2.91. The summed E-state index contributed by atoms with van der Waals surface area (Å²) in [5.74, 6) is 0.272. The third-order valence-electron chi connectivity index (χ3n) is 3.72. The van der Waals surface area contributed by atoms with E-state index < -0.39 is 6.61 Å². The molecule has 2 rings (SSSR count). The van der Waals surface area contributed by atoms with E-state index in [1.165, 1.54) is 0 Å². The molecule has 1 aromatic rings. The predicted octanol–water partition coefficient (Wildman–Crippen LogP) is 3.03. The summed E-state index contributed by atoms with van der Waals surface area (Å²) in [6.07, 6.45) is 0. The van der Waals surface area contributed by atoms with Gasteiger partial charge in [0.2, 0.25) is 0 Å². The molecule has 3 atom stereocenters. The Hall–Kier alpha value is -1.20. The van der Waals surface area contributed by atoms with E-state index in [9.17, 15) is 8.78 Å². The normalized spacial score (nSPS) is 25.7. The summed E-state index contributed by atoms with van der Waals surface area (Å²) in [4.78, 5) is 2.31. The lowest BCUT2D eigenvalue weighted by molar-refractivity contribution is -0.0512. The lowest BCUT2D eigenvalue weighted by Crippen LogP contribution is -2.54. The summed E-state index contributed by atoms with van der Waals surface area (Å²) in [6, 6.07) is 7.88. The Bertz CT molecular complexity index is 432. The van der Waals surface area contributed by atoms with Crippen molar-refractivity contribution in [2.45, 2.75) is 45.5 Å². The van der Waals surface area contributed by atoms with Crippen LogP contribution in [0.1, 0.15) is 32.4 Å². The Labute approximate surface area is 118 Å². The van der Waals surface area contributed by atoms with Gasteiger partial charge in [-0.05, 0) is 26.8 Å². The highest BCUT2D eigenvalue weighted by atomic mass is 19.3. The maximum Gasteiger partial charge on any atom is 0.387 e. The summed E-state index contributed by atoms with van der Waals surface area (Å²) in [7, 11) is 0. The molecule has 1 N–H and O–H groups in total. The van der Waals surface area contributed by atoms with Gasteiger partial charge in [-0.2, -0.15) is 8.78 Å². The van der Waals surface area contributed by atoms with Gasteiger partial charge in [0.05, 0.1) is 0 Å². The van der Waals surface area contributed by atoms with Crippen molar-refractivity contribution < 1.29 is 13.5 Å². The van der Waals surface area contributed by atoms with Gasteiger partial charge in [-0.1, -0.05) is 18.2 Å². The smallest absolute Gasteiger partial charge is 0.387 e. The molecule has 1 fully saturated rings. The van der Waals surface area contributed by atoms with Crippen LogP contribution in [0.5, 0.6) is 5.75 Å². The first kappa shape index (κ1) is 15.2. The molecule has 0 spiro atoms. The molecule has 3 nitrogen and oxygen atoms in total. The van der Waals surface area contributed by atoms with Gasteiger partial charge in [0.1, 0.15) is 5.75 Å². The van der Waals surface area contributed by atoms with Crippen LogP contribution in [0, 0.1) is 0 Å². The molecule has 3 unspecified atom stereocenters. The minimum Gasteiger partial charge on any atom is -0.434 e. The van der Waals surface area contributed by atoms with Crippen LogP contribution < -0.4 is 10.1 Å². The van der Waals surface area contributed by atoms with Crippen molar-refractivity contribution in [2.75, 3.05) is 13.1 Å². The third-order valence-corrected chi connectivity index (χ3v) is 3.72. The van der Waals surface area contributed by atoms with Crippen LogP contribution in [0.25, 0.3) is 0 Å². The van der Waals surface area contributed by atoms with Crippen molar-refractivity contribution in [3.8, 4) is 5.75 Å². The number of ether oxygens (including phenoxy) is 1. The van der Waals surface area contributed by atoms with Gasteiger partial charge in [-0.15, -0.1) is 0 Å². The SMILES string of the molecule is CC1CN(C(C)c2ccccc2OC(F)F)CC(C)N1. The van der Waals surface area contributed by atoms with Crippen molar-refractivity contribution in [3.05, 3.63) is 29.8 Å². The average molecular weight is 284 g/mol. The number of hydrogen-bond donors (Lipinski definition) is 1. The zero-order valence-corrected chi connectivity index (χ0v) is 12.1. The van der Waals surface area contributed by atoms with Crippen LogP contribution in [0.2, 0.25) is 0 Å². The van der Waals surface area contributed by atoms with Crippen molar-refractivity contribution in [3.63, 3.8) is 0 Å². The molecule has 0 amide bonds. The largest absolute Gasteiger partial charge is 0.434 e. The summed E-state index contributed by atoms with van der Waals surface area (Å²) in [5, 5.41) is 3.47. The number of alkyl halides is 2. The lowest BCUT2D eigenvalue weighted by atomic mass is 10.0. The predicted molar refractivity (Wildman–Crippen MR) is 75.1 cm³/mol. The maximum atomic E-state index is 12.5. The van der Waals surface area contributed by atoms with Gasteiger partial charge >= 0.3 is 6.61 Å². The first-order valence-corrected chi connectivity index (χ1v) is 7.01. The summed E-state index contributed by atoms with van der Waals surface area (Å²) < 4.78 is 29.6. The van der Waals surface area contributed by atoms with Gasteiger partial charge in [-0.25, -0.2) is 0 Å². The van der Waals surface area contributed by atoms with Crippen LogP contribution in [0.3, 0.4) is 0 Å². The number of benzene rings is 1. The summed E-state index contributed by atoms with van der Waals surface area (Å²) >= 11 is 0. The van der Waals surface area contributed by atoms with Crippen molar-refractivity contribution in [1.82, 2.24) is 10.2 Å². The van der Waals surface area contributed by atoms with E-state index in [0.29, 0.717) is 12.1 Å². The van der Waals surface area contributed by atoms with E-state index in [0.717, 1.165) is 18.7 Å². The minimum absolute atomic E-state index is 0.0527. The van der Waals surface area contributed by atoms with Crippen molar-refractivity contribution in [2.24, 2.45) is 0 Å². The molecule has 20 heavy (non-hydrogen) atoms. The van der Waals surface area contributed by atoms with Gasteiger partial charge in [0.15, 0.2) is 0 Å². The molecule has 1 aromatic carbocycles. The number of nitrogens with one attached hydrogen (secondary N) is 1. The minimum atomic E-state index is -2.79. The van der Waals surface area contributed by atoms with Crippen molar-refractivity contribution in [1.29, 1.82) is 0 Å². The van der Waals surface area contributed by atoms with E-state index in [4.69, 9.17) is 0 Å². The zero-order chi connectivity index (χ0) is 14.7. The maximum absolute atomic E-state index is 12.5. The number of halogens is 2. The highest BCUT2D eigenvalue weighted by Crippen LogP contribution is 2.31. The molecular formula is C15H22F2N2O. The number of rotatable bonds is 4. The second-order valence-electron chi connectivity index (χ2n) is 5.51. The molecule has 0 bridgehead atoms. The molecule has 112 valence electrons. The topological polar surface area (TPSA) is 24.5 Å². The Morgan fingerprint density at radius 2 is 1.80 bits per heavy atom. The van der Waals surface area contributed by atoms with E-state index >= 15 is 0 Å². The van der Waals surface area contributed by atoms with E-state index in [1.807, 2.05) is 19.1 Å². The fraction of sp³-hybridized carbons (Fsp3) is 0.600. The quantitative estimate of drug-likeness (QED) is 0.920. The lowest BCUT2D eigenvalue weighted by Gasteiger charge is -2.40. The Morgan fingerprint density at radius 1 is 1.20 bits per heavy atom. The highest BCUT2D eigenvalue weighted by Gasteiger charge is 2.27. The van der Waals surface area contributed by atoms with Crippen molar-refractivity contribution >= 4 is 0 Å². The molecule has 1 heterocycles. The molecule has 1 aliphatic rings. The van der Waals surface area contributed by atoms with Gasteiger partial charge in [0, 0.05) is 36.8 Å². The van der Waals surface area contributed by atoms with Gasteiger partial charge in [0.25, 0.3) is 0 Å².